The van der Waals surface area contributed by atoms with Gasteiger partial charge in [-0.05, 0) is 24.8 Å². The molecule has 1 saturated carbocycles. The van der Waals surface area contributed by atoms with E-state index in [0.29, 0.717) is 19.4 Å². The Hall–Kier alpha value is -1.84. The fraction of sp³-hybridized carbons (Fsp3) is 0.500. The monoisotopic (exact) mass is 275 g/mol. The zero-order valence-electron chi connectivity index (χ0n) is 11.8. The second-order valence-electron chi connectivity index (χ2n) is 5.50. The minimum Gasteiger partial charge on any atom is -0.481 e. The highest BCUT2D eigenvalue weighted by Crippen LogP contribution is 2.28. The van der Waals surface area contributed by atoms with Crippen LogP contribution in [0.1, 0.15) is 31.7 Å². The second-order valence-corrected chi connectivity index (χ2v) is 5.50. The Morgan fingerprint density at radius 2 is 1.95 bits per heavy atom. The number of aliphatic carboxylic acids is 1. The van der Waals surface area contributed by atoms with Gasteiger partial charge in [-0.25, -0.2) is 0 Å². The van der Waals surface area contributed by atoms with Crippen LogP contribution in [0.3, 0.4) is 0 Å². The highest BCUT2D eigenvalue weighted by Gasteiger charge is 2.34. The van der Waals surface area contributed by atoms with Gasteiger partial charge >= 0.3 is 5.97 Å². The van der Waals surface area contributed by atoms with Gasteiger partial charge in [0.2, 0.25) is 5.91 Å². The smallest absolute Gasteiger partial charge is 0.308 e. The summed E-state index contributed by atoms with van der Waals surface area (Å²) in [7, 11) is 0. The Morgan fingerprint density at radius 1 is 1.30 bits per heavy atom. The number of amides is 1. The lowest BCUT2D eigenvalue weighted by molar-refractivity contribution is -0.143. The van der Waals surface area contributed by atoms with Crippen LogP contribution in [0, 0.1) is 5.92 Å². The number of nitrogens with zero attached hydrogens (tertiary/aromatic N) is 1. The highest BCUT2D eigenvalue weighted by atomic mass is 16.4. The maximum Gasteiger partial charge on any atom is 0.308 e. The largest absolute Gasteiger partial charge is 0.481 e. The van der Waals surface area contributed by atoms with Crippen molar-refractivity contribution >= 4 is 11.9 Å². The Bertz CT molecular complexity index is 468. The summed E-state index contributed by atoms with van der Waals surface area (Å²) in [5.74, 6) is -1.27. The number of aryl methyl sites for hydroxylation is 1. The maximum atomic E-state index is 12.3. The number of carbonyl (C=O) groups excluding carboxylic acids is 1. The van der Waals surface area contributed by atoms with Crippen LogP contribution in [0.5, 0.6) is 0 Å². The molecule has 1 aromatic rings. The van der Waals surface area contributed by atoms with Gasteiger partial charge in [0.1, 0.15) is 0 Å². The molecule has 1 N–H and O–H groups in total. The van der Waals surface area contributed by atoms with E-state index in [0.717, 1.165) is 18.4 Å². The summed E-state index contributed by atoms with van der Waals surface area (Å²) in [6.07, 6.45) is 3.17. The molecule has 2 rings (SSSR count). The van der Waals surface area contributed by atoms with Crippen LogP contribution in [-0.4, -0.2) is 34.5 Å². The standard InChI is InChI=1S/C16H21NO3/c1-12(16(19)20)11-17(14-8-9-14)15(18)10-7-13-5-3-2-4-6-13/h2-6,12,14H,7-11H2,1H3,(H,19,20). The Labute approximate surface area is 119 Å². The van der Waals surface area contributed by atoms with E-state index >= 15 is 0 Å². The molecule has 1 unspecified atom stereocenters. The summed E-state index contributed by atoms with van der Waals surface area (Å²) < 4.78 is 0. The van der Waals surface area contributed by atoms with E-state index in [1.165, 1.54) is 0 Å². The molecular weight excluding hydrogens is 254 g/mol. The van der Waals surface area contributed by atoms with Gasteiger partial charge in [-0.15, -0.1) is 0 Å². The van der Waals surface area contributed by atoms with Gasteiger partial charge in [-0.1, -0.05) is 37.3 Å². The molecule has 0 aliphatic heterocycles. The number of hydrogen-bond acceptors (Lipinski definition) is 2. The van der Waals surface area contributed by atoms with Gasteiger partial charge < -0.3 is 10.0 Å². The van der Waals surface area contributed by atoms with Crippen LogP contribution in [0.4, 0.5) is 0 Å². The van der Waals surface area contributed by atoms with E-state index in [2.05, 4.69) is 0 Å². The molecule has 0 spiro atoms. The average molecular weight is 275 g/mol. The number of carbonyl (C=O) groups is 2. The third-order valence-corrected chi connectivity index (χ3v) is 3.67. The number of carboxylic acid groups (broad SMARTS) is 1. The minimum atomic E-state index is -0.841. The van der Waals surface area contributed by atoms with Gasteiger partial charge in [-0.2, -0.15) is 0 Å². The van der Waals surface area contributed by atoms with E-state index in [9.17, 15) is 9.59 Å². The Morgan fingerprint density at radius 3 is 2.50 bits per heavy atom. The molecule has 108 valence electrons. The van der Waals surface area contributed by atoms with E-state index in [4.69, 9.17) is 5.11 Å². The number of hydrogen-bond donors (Lipinski definition) is 1. The first kappa shape index (κ1) is 14.6. The molecule has 0 aromatic heterocycles. The molecule has 1 aliphatic carbocycles. The van der Waals surface area contributed by atoms with Crippen molar-refractivity contribution in [2.45, 2.75) is 38.6 Å². The van der Waals surface area contributed by atoms with Crippen LogP contribution >= 0.6 is 0 Å². The van der Waals surface area contributed by atoms with E-state index in [1.807, 2.05) is 30.3 Å². The first-order valence-corrected chi connectivity index (χ1v) is 7.14. The zero-order valence-corrected chi connectivity index (χ0v) is 11.8. The maximum absolute atomic E-state index is 12.3. The average Bonchev–Trinajstić information content (AvgIpc) is 3.27. The lowest BCUT2D eigenvalue weighted by atomic mass is 10.1. The zero-order chi connectivity index (χ0) is 14.5. The first-order valence-electron chi connectivity index (χ1n) is 7.14. The Balaban J connectivity index is 1.89. The summed E-state index contributed by atoms with van der Waals surface area (Å²) in [6.45, 7) is 1.98. The summed E-state index contributed by atoms with van der Waals surface area (Å²) in [4.78, 5) is 25.0. The summed E-state index contributed by atoms with van der Waals surface area (Å²) >= 11 is 0. The summed E-state index contributed by atoms with van der Waals surface area (Å²) in [5, 5.41) is 8.98. The van der Waals surface area contributed by atoms with Crippen LogP contribution in [0.15, 0.2) is 30.3 Å². The molecule has 1 aromatic carbocycles. The number of benzene rings is 1. The predicted octanol–water partition coefficient (Wildman–Crippen LogP) is 2.33. The molecule has 1 aliphatic rings. The molecule has 0 bridgehead atoms. The van der Waals surface area contributed by atoms with E-state index < -0.39 is 11.9 Å². The molecule has 0 heterocycles. The summed E-state index contributed by atoms with van der Waals surface area (Å²) in [6, 6.07) is 10.2. The predicted molar refractivity (Wildman–Crippen MR) is 76.3 cm³/mol. The van der Waals surface area contributed by atoms with Crippen LogP contribution in [0.2, 0.25) is 0 Å². The normalized spacial score (nSPS) is 15.7. The lowest BCUT2D eigenvalue weighted by Gasteiger charge is -2.24. The molecule has 4 nitrogen and oxygen atoms in total. The lowest BCUT2D eigenvalue weighted by Crippen LogP contribution is -2.38. The third kappa shape index (κ3) is 4.08. The van der Waals surface area contributed by atoms with Crippen LogP contribution < -0.4 is 0 Å². The third-order valence-electron chi connectivity index (χ3n) is 3.67. The quantitative estimate of drug-likeness (QED) is 0.831. The van der Waals surface area contributed by atoms with Gasteiger partial charge in [0.15, 0.2) is 0 Å². The number of rotatable bonds is 7. The van der Waals surface area contributed by atoms with Crippen molar-refractivity contribution in [3.63, 3.8) is 0 Å². The van der Waals surface area contributed by atoms with Crippen molar-refractivity contribution in [2.75, 3.05) is 6.54 Å². The van der Waals surface area contributed by atoms with Gasteiger partial charge in [0.05, 0.1) is 5.92 Å². The molecule has 0 radical (unpaired) electrons. The van der Waals surface area contributed by atoms with Crippen LogP contribution in [0.25, 0.3) is 0 Å². The second kappa shape index (κ2) is 6.55. The van der Waals surface area contributed by atoms with Crippen molar-refractivity contribution in [3.8, 4) is 0 Å². The van der Waals surface area contributed by atoms with Gasteiger partial charge in [0.25, 0.3) is 0 Å². The van der Waals surface area contributed by atoms with Gasteiger partial charge in [-0.3, -0.25) is 9.59 Å². The molecule has 1 fully saturated rings. The first-order chi connectivity index (χ1) is 9.58. The SMILES string of the molecule is CC(CN(C(=O)CCc1ccccc1)C1CC1)C(=O)O. The minimum absolute atomic E-state index is 0.0736. The molecule has 1 atom stereocenters. The fourth-order valence-corrected chi connectivity index (χ4v) is 2.25. The van der Waals surface area contributed by atoms with Gasteiger partial charge in [0, 0.05) is 19.0 Å². The molecule has 0 saturated heterocycles. The topological polar surface area (TPSA) is 57.6 Å². The van der Waals surface area contributed by atoms with Crippen molar-refractivity contribution in [2.24, 2.45) is 5.92 Å². The molecule has 20 heavy (non-hydrogen) atoms. The molecular formula is C16H21NO3. The van der Waals surface area contributed by atoms with Crippen molar-refractivity contribution < 1.29 is 14.7 Å². The Kier molecular flexibility index (Phi) is 4.77. The van der Waals surface area contributed by atoms with E-state index in [-0.39, 0.29) is 11.9 Å². The van der Waals surface area contributed by atoms with Crippen molar-refractivity contribution in [3.05, 3.63) is 35.9 Å². The highest BCUT2D eigenvalue weighted by molar-refractivity contribution is 5.78. The number of carboxylic acids is 1. The fourth-order valence-electron chi connectivity index (χ4n) is 2.25. The van der Waals surface area contributed by atoms with Crippen molar-refractivity contribution in [1.82, 2.24) is 4.90 Å². The molecule has 1 amide bonds. The summed E-state index contributed by atoms with van der Waals surface area (Å²) in [5.41, 5.74) is 1.14. The van der Waals surface area contributed by atoms with E-state index in [1.54, 1.807) is 11.8 Å². The molecule has 4 heteroatoms. The van der Waals surface area contributed by atoms with Crippen LogP contribution in [-0.2, 0) is 16.0 Å². The van der Waals surface area contributed by atoms with Crippen molar-refractivity contribution in [1.29, 1.82) is 0 Å².